The summed E-state index contributed by atoms with van der Waals surface area (Å²) in [7, 11) is 0. The van der Waals surface area contributed by atoms with Gasteiger partial charge in [-0.3, -0.25) is 0 Å². The molecule has 0 bridgehead atoms. The van der Waals surface area contributed by atoms with Gasteiger partial charge in [0.25, 0.3) is 4.51 Å². The second-order valence-corrected chi connectivity index (χ2v) is 7.18. The summed E-state index contributed by atoms with van der Waals surface area (Å²) in [5, 5.41) is 48.6. The first-order valence-corrected chi connectivity index (χ1v) is 7.91. The van der Waals surface area contributed by atoms with Crippen molar-refractivity contribution in [1.29, 1.82) is 0 Å². The average Bonchev–Trinajstić information content (AvgIpc) is 2.95. The zero-order valence-corrected chi connectivity index (χ0v) is 14.2. The summed E-state index contributed by atoms with van der Waals surface area (Å²) in [4.78, 5) is 14.3. The van der Waals surface area contributed by atoms with Gasteiger partial charge in [-0.25, -0.2) is 4.79 Å². The van der Waals surface area contributed by atoms with Crippen LogP contribution in [0.2, 0.25) is 0 Å². The van der Waals surface area contributed by atoms with Crippen molar-refractivity contribution in [2.45, 2.75) is 27.6 Å². The van der Waals surface area contributed by atoms with Gasteiger partial charge in [0, 0.05) is 5.52 Å². The molecule has 1 aliphatic heterocycles. The van der Waals surface area contributed by atoms with Crippen molar-refractivity contribution < 1.29 is 35.1 Å². The molecule has 5 atom stereocenters. The van der Waals surface area contributed by atoms with Crippen LogP contribution in [-0.4, -0.2) is 58.5 Å². The third-order valence-electron chi connectivity index (χ3n) is 4.13. The van der Waals surface area contributed by atoms with Crippen molar-refractivity contribution in [2.24, 2.45) is 0 Å². The lowest BCUT2D eigenvalue weighted by atomic mass is 9.80. The van der Waals surface area contributed by atoms with Gasteiger partial charge in [0.15, 0.2) is 11.9 Å². The highest BCUT2D eigenvalue weighted by atomic mass is 79.9. The van der Waals surface area contributed by atoms with Gasteiger partial charge in [-0.2, -0.15) is 0 Å². The zero-order chi connectivity index (χ0) is 17.9. The van der Waals surface area contributed by atoms with E-state index in [0.717, 1.165) is 0 Å². The second kappa shape index (κ2) is 5.40. The highest BCUT2D eigenvalue weighted by molar-refractivity contribution is 9.10. The lowest BCUT2D eigenvalue weighted by Gasteiger charge is -2.52. The summed E-state index contributed by atoms with van der Waals surface area (Å²) in [6, 6.07) is 8.15. The Bertz CT molecular complexity index is 778. The van der Waals surface area contributed by atoms with Crippen molar-refractivity contribution in [3.63, 3.8) is 0 Å². The van der Waals surface area contributed by atoms with Gasteiger partial charge in [-0.05, 0) is 33.4 Å². The Morgan fingerprint density at radius 1 is 1.29 bits per heavy atom. The highest BCUT2D eigenvalue weighted by Crippen LogP contribution is 2.54. The molecule has 1 fully saturated rings. The third kappa shape index (κ3) is 2.07. The Morgan fingerprint density at radius 3 is 2.50 bits per heavy atom. The minimum atomic E-state index is -3.08. The normalized spacial score (nSPS) is 39.9. The van der Waals surface area contributed by atoms with E-state index in [-0.39, 0.29) is 5.69 Å². The first kappa shape index (κ1) is 17.6. The summed E-state index contributed by atoms with van der Waals surface area (Å²) in [6.07, 6.45) is -4.28. The maximum atomic E-state index is 11.5. The number of carboxylic acid groups (broad SMARTS) is 1. The Morgan fingerprint density at radius 2 is 1.92 bits per heavy atom. The standard InChI is InChI=1S/C14H13BrClNO7/c15-13(11(20)21)14(16,23)12(22,9(18)10(19)24-13)8-5-6-3-1-2-4-7(6)17-8/h1-5,9-10,17-19,22-23H,(H,20,21)/t9-,10-,12+,13+,14-/m0/s1. The van der Waals surface area contributed by atoms with E-state index < -0.39 is 33.5 Å². The Balaban J connectivity index is 2.25. The number of aromatic amines is 1. The van der Waals surface area contributed by atoms with Gasteiger partial charge in [-0.1, -0.05) is 29.8 Å². The largest absolute Gasteiger partial charge is 0.478 e. The second-order valence-electron chi connectivity index (χ2n) is 5.51. The molecule has 6 N–H and O–H groups in total. The predicted octanol–water partition coefficient (Wildman–Crippen LogP) is 0.168. The van der Waals surface area contributed by atoms with Crippen LogP contribution >= 0.6 is 27.5 Å². The molecule has 10 heteroatoms. The molecular formula is C14H13BrClNO7. The molecule has 24 heavy (non-hydrogen) atoms. The van der Waals surface area contributed by atoms with Crippen molar-refractivity contribution >= 4 is 44.4 Å². The number of hydrogen-bond donors (Lipinski definition) is 6. The van der Waals surface area contributed by atoms with E-state index in [4.69, 9.17) is 16.3 Å². The molecule has 1 aliphatic rings. The highest BCUT2D eigenvalue weighted by Gasteiger charge is 2.75. The molecule has 8 nitrogen and oxygen atoms in total. The van der Waals surface area contributed by atoms with E-state index in [9.17, 15) is 30.3 Å². The van der Waals surface area contributed by atoms with Crippen molar-refractivity contribution in [1.82, 2.24) is 4.98 Å². The number of aromatic nitrogens is 1. The lowest BCUT2D eigenvalue weighted by molar-refractivity contribution is -0.340. The van der Waals surface area contributed by atoms with Crippen LogP contribution in [0.3, 0.4) is 0 Å². The molecule has 0 amide bonds. The van der Waals surface area contributed by atoms with Crippen LogP contribution in [0.1, 0.15) is 5.69 Å². The number of ether oxygens (including phenoxy) is 1. The summed E-state index contributed by atoms with van der Waals surface area (Å²) >= 11 is 8.58. The number of hydrogen-bond acceptors (Lipinski definition) is 6. The van der Waals surface area contributed by atoms with E-state index in [2.05, 4.69) is 20.9 Å². The van der Waals surface area contributed by atoms with E-state index >= 15 is 0 Å². The Labute approximate surface area is 148 Å². The fraction of sp³-hybridized carbons (Fsp3) is 0.357. The number of aliphatic hydroxyl groups excluding tert-OH is 2. The third-order valence-corrected chi connectivity index (χ3v) is 6.01. The first-order valence-electron chi connectivity index (χ1n) is 6.74. The lowest BCUT2D eigenvalue weighted by Crippen LogP contribution is -2.75. The number of halogens is 2. The number of fused-ring (bicyclic) bond motifs is 1. The molecule has 1 aromatic carbocycles. The zero-order valence-electron chi connectivity index (χ0n) is 11.8. The van der Waals surface area contributed by atoms with E-state index in [1.54, 1.807) is 24.3 Å². The number of nitrogens with one attached hydrogen (secondary N) is 1. The Kier molecular flexibility index (Phi) is 3.96. The smallest absolute Gasteiger partial charge is 0.352 e. The van der Waals surface area contributed by atoms with Crippen LogP contribution < -0.4 is 0 Å². The molecule has 130 valence electrons. The quantitative estimate of drug-likeness (QED) is 0.379. The topological polar surface area (TPSA) is 143 Å². The fourth-order valence-corrected chi connectivity index (χ4v) is 3.60. The molecule has 1 aromatic heterocycles. The van der Waals surface area contributed by atoms with Gasteiger partial charge in [0.2, 0.25) is 5.06 Å². The minimum absolute atomic E-state index is 0.193. The van der Waals surface area contributed by atoms with Crippen LogP contribution in [0.4, 0.5) is 0 Å². The number of benzene rings is 1. The number of rotatable bonds is 2. The van der Waals surface area contributed by atoms with Gasteiger partial charge >= 0.3 is 5.97 Å². The number of alkyl halides is 2. The molecule has 1 saturated heterocycles. The predicted molar refractivity (Wildman–Crippen MR) is 85.4 cm³/mol. The van der Waals surface area contributed by atoms with Crippen LogP contribution in [0.15, 0.2) is 30.3 Å². The van der Waals surface area contributed by atoms with Crippen LogP contribution in [0.5, 0.6) is 0 Å². The van der Waals surface area contributed by atoms with Gasteiger partial charge < -0.3 is 35.3 Å². The number of aliphatic hydroxyl groups is 4. The summed E-state index contributed by atoms with van der Waals surface area (Å²) < 4.78 is 1.94. The van der Waals surface area contributed by atoms with Gasteiger partial charge in [0.1, 0.15) is 6.10 Å². The number of carboxylic acids is 1. The van der Waals surface area contributed by atoms with E-state index in [1.165, 1.54) is 6.07 Å². The van der Waals surface area contributed by atoms with Crippen LogP contribution in [0.25, 0.3) is 10.9 Å². The maximum absolute atomic E-state index is 11.5. The molecule has 0 radical (unpaired) electrons. The Hall–Kier alpha value is -1.20. The monoisotopic (exact) mass is 421 g/mol. The summed E-state index contributed by atoms with van der Waals surface area (Å²) in [5.41, 5.74) is -2.45. The van der Waals surface area contributed by atoms with Crippen LogP contribution in [-0.2, 0) is 15.1 Å². The molecule has 2 heterocycles. The molecule has 0 unspecified atom stereocenters. The average molecular weight is 423 g/mol. The molecule has 2 aromatic rings. The summed E-state index contributed by atoms with van der Waals surface area (Å²) in [5.74, 6) is -1.81. The number of H-pyrrole nitrogens is 1. The molecule has 0 saturated carbocycles. The molecular weight excluding hydrogens is 410 g/mol. The first-order chi connectivity index (χ1) is 11.1. The summed E-state index contributed by atoms with van der Waals surface area (Å²) in [6.45, 7) is 0. The SMILES string of the molecule is O=C(O)[C@@]1(Br)O[C@H](O)[C@H](O)[C@](O)(c2cc3ccccc3[nH]2)[C@@]1(O)Cl. The van der Waals surface area contributed by atoms with Crippen molar-refractivity contribution in [2.75, 3.05) is 0 Å². The van der Waals surface area contributed by atoms with Crippen LogP contribution in [0, 0.1) is 0 Å². The number of aliphatic carboxylic acids is 1. The van der Waals surface area contributed by atoms with E-state index in [1.807, 2.05) is 0 Å². The van der Waals surface area contributed by atoms with Crippen molar-refractivity contribution in [3.8, 4) is 0 Å². The fourth-order valence-electron chi connectivity index (χ4n) is 2.76. The van der Waals surface area contributed by atoms with Gasteiger partial charge in [0.05, 0.1) is 5.69 Å². The minimum Gasteiger partial charge on any atom is -0.478 e. The maximum Gasteiger partial charge on any atom is 0.352 e. The molecule has 3 rings (SSSR count). The van der Waals surface area contributed by atoms with Gasteiger partial charge in [-0.15, -0.1) is 0 Å². The number of para-hydroxylation sites is 1. The number of carbonyl (C=O) groups is 1. The molecule has 0 aliphatic carbocycles. The molecule has 0 spiro atoms. The van der Waals surface area contributed by atoms with E-state index in [0.29, 0.717) is 10.9 Å². The van der Waals surface area contributed by atoms with Crippen molar-refractivity contribution in [3.05, 3.63) is 36.0 Å².